The Bertz CT molecular complexity index is 1420. The van der Waals surface area contributed by atoms with Crippen LogP contribution in [0.3, 0.4) is 0 Å². The number of nitrogens with zero attached hydrogens (tertiary/aromatic N) is 3. The first-order chi connectivity index (χ1) is 18.4. The third kappa shape index (κ3) is 5.16. The fourth-order valence-corrected chi connectivity index (χ4v) is 5.37. The molecule has 2 aliphatic heterocycles. The van der Waals surface area contributed by atoms with Gasteiger partial charge in [-0.15, -0.1) is 0 Å². The second kappa shape index (κ2) is 10.9. The highest BCUT2D eigenvalue weighted by Crippen LogP contribution is 2.43. The average Bonchev–Trinajstić information content (AvgIpc) is 3.33. The molecule has 2 aliphatic rings. The maximum absolute atomic E-state index is 13.4. The van der Waals surface area contributed by atoms with Crippen LogP contribution in [-0.4, -0.2) is 44.8 Å². The largest absolute Gasteiger partial charge is 0.487 e. The van der Waals surface area contributed by atoms with Crippen molar-refractivity contribution in [3.63, 3.8) is 0 Å². The molecule has 0 bridgehead atoms. The number of carbonyl (C=O) groups excluding carboxylic acids is 2. The number of fused-ring (bicyclic) bond motifs is 1. The summed E-state index contributed by atoms with van der Waals surface area (Å²) in [7, 11) is 0. The molecule has 1 saturated heterocycles. The summed E-state index contributed by atoms with van der Waals surface area (Å²) in [5.74, 6) is -0.241. The Morgan fingerprint density at radius 1 is 1.00 bits per heavy atom. The van der Waals surface area contributed by atoms with Gasteiger partial charge in [-0.1, -0.05) is 60.3 Å². The first-order valence-corrected chi connectivity index (χ1v) is 12.7. The number of rotatable bonds is 9. The molecule has 0 aromatic heterocycles. The van der Waals surface area contributed by atoms with Gasteiger partial charge in [-0.2, -0.15) is 0 Å². The van der Waals surface area contributed by atoms with E-state index >= 15 is 0 Å². The molecule has 9 nitrogen and oxygen atoms in total. The summed E-state index contributed by atoms with van der Waals surface area (Å²) in [6.45, 7) is 1.90. The van der Waals surface area contributed by atoms with E-state index in [-0.39, 0.29) is 35.9 Å². The molecular formula is C28H23N3O6S. The van der Waals surface area contributed by atoms with Crippen LogP contribution in [0.5, 0.6) is 5.75 Å². The van der Waals surface area contributed by atoms with Gasteiger partial charge in [0.25, 0.3) is 11.6 Å². The number of ether oxygens (including phenoxy) is 2. The lowest BCUT2D eigenvalue weighted by Gasteiger charge is -2.42. The number of thioether (sulfide) groups is 1. The molecular weight excluding hydrogens is 506 g/mol. The molecule has 0 radical (unpaired) electrons. The second-order valence-corrected chi connectivity index (χ2v) is 9.82. The van der Waals surface area contributed by atoms with Crippen molar-refractivity contribution in [2.75, 3.05) is 6.61 Å². The summed E-state index contributed by atoms with van der Waals surface area (Å²) in [6, 6.07) is 23.8. The Labute approximate surface area is 222 Å². The van der Waals surface area contributed by atoms with Crippen LogP contribution in [0.25, 0.3) is 5.57 Å². The fraction of sp³-hybridized carbons (Fsp3) is 0.179. The van der Waals surface area contributed by atoms with E-state index in [1.807, 2.05) is 60.7 Å². The number of amides is 1. The van der Waals surface area contributed by atoms with Gasteiger partial charge in [-0.25, -0.2) is 4.79 Å². The third-order valence-electron chi connectivity index (χ3n) is 6.17. The van der Waals surface area contributed by atoms with Crippen molar-refractivity contribution in [1.82, 2.24) is 4.90 Å². The minimum absolute atomic E-state index is 0.0527. The van der Waals surface area contributed by atoms with E-state index in [9.17, 15) is 19.7 Å². The number of benzene rings is 3. The Hall–Kier alpha value is -4.44. The van der Waals surface area contributed by atoms with Gasteiger partial charge >= 0.3 is 5.97 Å². The molecule has 5 rings (SSSR count). The van der Waals surface area contributed by atoms with Gasteiger partial charge in [0, 0.05) is 12.1 Å². The smallest absolute Gasteiger partial charge is 0.355 e. The standard InChI is InChI=1S/C28H23N3O6S/c1-18(20-8-4-2-5-9-20)25(28(33)37-16-19-12-14-21(15-13-19)31(34)35)30-26(32)24-27(30)38-23(29-24)17-36-22-10-6-3-7-11-22/h2-15,24,27H,16-17H2,1H3. The predicted molar refractivity (Wildman–Crippen MR) is 143 cm³/mol. The van der Waals surface area contributed by atoms with E-state index < -0.39 is 16.9 Å². The van der Waals surface area contributed by atoms with Gasteiger partial charge < -0.3 is 9.47 Å². The normalized spacial score (nSPS) is 18.6. The lowest BCUT2D eigenvalue weighted by atomic mass is 10.00. The van der Waals surface area contributed by atoms with Crippen molar-refractivity contribution in [2.45, 2.75) is 24.9 Å². The number of likely N-dealkylation sites (tertiary alicyclic amines) is 1. The molecule has 2 unspecified atom stereocenters. The molecule has 1 fully saturated rings. The number of esters is 1. The van der Waals surface area contributed by atoms with Crippen molar-refractivity contribution in [1.29, 1.82) is 0 Å². The average molecular weight is 530 g/mol. The molecule has 3 aromatic carbocycles. The highest BCUT2D eigenvalue weighted by molar-refractivity contribution is 8.15. The SMILES string of the molecule is CC(=C(C(=O)OCc1ccc([N+](=O)[O-])cc1)N1C(=O)C2N=C(COc3ccccc3)SC21)c1ccccc1. The van der Waals surface area contributed by atoms with Crippen LogP contribution in [0.15, 0.2) is 95.6 Å². The van der Waals surface area contributed by atoms with Crippen LogP contribution in [0, 0.1) is 10.1 Å². The molecule has 1 amide bonds. The summed E-state index contributed by atoms with van der Waals surface area (Å²) in [4.78, 5) is 43.0. The van der Waals surface area contributed by atoms with Crippen molar-refractivity contribution in [3.05, 3.63) is 112 Å². The van der Waals surface area contributed by atoms with E-state index in [0.717, 1.165) is 5.56 Å². The highest BCUT2D eigenvalue weighted by Gasteiger charge is 2.55. The van der Waals surface area contributed by atoms with E-state index in [2.05, 4.69) is 4.99 Å². The molecule has 0 aliphatic carbocycles. The number of hydrogen-bond donors (Lipinski definition) is 0. The molecule has 10 heteroatoms. The van der Waals surface area contributed by atoms with E-state index in [0.29, 0.717) is 21.9 Å². The summed E-state index contributed by atoms with van der Waals surface area (Å²) in [5, 5.41) is 11.2. The van der Waals surface area contributed by atoms with Crippen molar-refractivity contribution in [3.8, 4) is 5.75 Å². The number of nitro benzene ring substituents is 1. The zero-order chi connectivity index (χ0) is 26.6. The predicted octanol–water partition coefficient (Wildman–Crippen LogP) is 4.83. The van der Waals surface area contributed by atoms with Crippen LogP contribution in [-0.2, 0) is 20.9 Å². The van der Waals surface area contributed by atoms with E-state index in [1.54, 1.807) is 6.92 Å². The molecule has 0 saturated carbocycles. The van der Waals surface area contributed by atoms with Gasteiger partial charge in [0.15, 0.2) is 6.04 Å². The van der Waals surface area contributed by atoms with Crippen LogP contribution in [0.2, 0.25) is 0 Å². The number of β-lactam (4-membered cyclic amide) rings is 1. The van der Waals surface area contributed by atoms with Crippen molar-refractivity contribution in [2.24, 2.45) is 4.99 Å². The summed E-state index contributed by atoms with van der Waals surface area (Å²) < 4.78 is 11.4. The zero-order valence-electron chi connectivity index (χ0n) is 20.4. The molecule has 38 heavy (non-hydrogen) atoms. The molecule has 192 valence electrons. The number of allylic oxidation sites excluding steroid dienone is 1. The Kier molecular flexibility index (Phi) is 7.23. The van der Waals surface area contributed by atoms with Crippen LogP contribution < -0.4 is 4.74 Å². The Morgan fingerprint density at radius 2 is 1.66 bits per heavy atom. The Morgan fingerprint density at radius 3 is 2.32 bits per heavy atom. The van der Waals surface area contributed by atoms with Crippen LogP contribution in [0.4, 0.5) is 5.69 Å². The number of carbonyl (C=O) groups is 2. The fourth-order valence-electron chi connectivity index (χ4n) is 4.17. The molecule has 2 heterocycles. The number of aliphatic imine (C=N–C) groups is 1. The Balaban J connectivity index is 1.34. The van der Waals surface area contributed by atoms with Gasteiger partial charge in [-0.05, 0) is 47.9 Å². The lowest BCUT2D eigenvalue weighted by Crippen LogP contribution is -2.61. The van der Waals surface area contributed by atoms with Gasteiger partial charge in [0.05, 0.1) is 4.92 Å². The van der Waals surface area contributed by atoms with E-state index in [4.69, 9.17) is 9.47 Å². The number of nitro groups is 1. The summed E-state index contributed by atoms with van der Waals surface area (Å²) in [6.07, 6.45) is 0. The van der Waals surface area contributed by atoms with Crippen molar-refractivity contribution < 1.29 is 24.0 Å². The number of para-hydroxylation sites is 1. The van der Waals surface area contributed by atoms with Crippen LogP contribution >= 0.6 is 11.8 Å². The minimum Gasteiger partial charge on any atom is -0.487 e. The lowest BCUT2D eigenvalue weighted by molar-refractivity contribution is -0.384. The number of non-ortho nitro benzene ring substituents is 1. The molecule has 2 atom stereocenters. The summed E-state index contributed by atoms with van der Waals surface area (Å²) >= 11 is 1.39. The maximum atomic E-state index is 13.4. The highest BCUT2D eigenvalue weighted by atomic mass is 32.2. The second-order valence-electron chi connectivity index (χ2n) is 8.63. The zero-order valence-corrected chi connectivity index (χ0v) is 21.2. The molecule has 0 N–H and O–H groups in total. The molecule has 0 spiro atoms. The molecule has 3 aromatic rings. The first-order valence-electron chi connectivity index (χ1n) is 11.8. The first kappa shape index (κ1) is 25.2. The van der Waals surface area contributed by atoms with Gasteiger partial charge in [-0.3, -0.25) is 24.8 Å². The van der Waals surface area contributed by atoms with Crippen LogP contribution in [0.1, 0.15) is 18.1 Å². The number of hydrogen-bond acceptors (Lipinski definition) is 8. The quantitative estimate of drug-likeness (QED) is 0.128. The van der Waals surface area contributed by atoms with Crippen molar-refractivity contribution >= 4 is 39.9 Å². The monoisotopic (exact) mass is 529 g/mol. The van der Waals surface area contributed by atoms with Gasteiger partial charge in [0.2, 0.25) is 0 Å². The maximum Gasteiger partial charge on any atom is 0.355 e. The summed E-state index contributed by atoms with van der Waals surface area (Å²) in [5.41, 5.74) is 2.07. The minimum atomic E-state index is -0.661. The van der Waals surface area contributed by atoms with E-state index in [1.165, 1.54) is 40.9 Å². The van der Waals surface area contributed by atoms with Gasteiger partial charge in [0.1, 0.15) is 35.1 Å². The topological polar surface area (TPSA) is 111 Å². The third-order valence-corrected chi connectivity index (χ3v) is 7.38.